The van der Waals surface area contributed by atoms with Crippen molar-refractivity contribution >= 4 is 48.1 Å². The molecule has 34 heavy (non-hydrogen) atoms. The Bertz CT molecular complexity index is 1290. The summed E-state index contributed by atoms with van der Waals surface area (Å²) in [6.45, 7) is 4.08. The van der Waals surface area contributed by atoms with E-state index in [4.69, 9.17) is 24.4 Å². The zero-order chi connectivity index (χ0) is 23.5. The Balaban J connectivity index is 1.33. The molecule has 1 fully saturated rings. The van der Waals surface area contributed by atoms with Gasteiger partial charge in [0, 0.05) is 47.4 Å². The second kappa shape index (κ2) is 10.4. The van der Waals surface area contributed by atoms with Gasteiger partial charge in [-0.15, -0.1) is 11.8 Å². The van der Waals surface area contributed by atoms with Crippen molar-refractivity contribution in [3.8, 4) is 11.3 Å². The Morgan fingerprint density at radius 3 is 2.85 bits per heavy atom. The lowest BCUT2D eigenvalue weighted by Gasteiger charge is -2.33. The summed E-state index contributed by atoms with van der Waals surface area (Å²) in [7, 11) is 6.17. The molecule has 0 aliphatic carbocycles. The highest BCUT2D eigenvalue weighted by Crippen LogP contribution is 2.29. The van der Waals surface area contributed by atoms with Crippen LogP contribution in [-0.4, -0.2) is 53.2 Å². The van der Waals surface area contributed by atoms with Crippen molar-refractivity contribution < 1.29 is 0 Å². The van der Waals surface area contributed by atoms with Crippen molar-refractivity contribution in [3.05, 3.63) is 71.4 Å². The highest BCUT2D eigenvalue weighted by Gasteiger charge is 2.21. The summed E-state index contributed by atoms with van der Waals surface area (Å²) in [5.41, 5.74) is 4.27. The van der Waals surface area contributed by atoms with Crippen LogP contribution in [0.5, 0.6) is 0 Å². The molecule has 0 amide bonds. The van der Waals surface area contributed by atoms with E-state index in [1.54, 1.807) is 10.7 Å². The number of rotatable bonds is 7. The van der Waals surface area contributed by atoms with Gasteiger partial charge in [0.15, 0.2) is 5.65 Å². The van der Waals surface area contributed by atoms with Crippen LogP contribution in [0.1, 0.15) is 18.4 Å². The van der Waals surface area contributed by atoms with E-state index in [-0.39, 0.29) is 0 Å². The number of likely N-dealkylation sites (tertiary alicyclic amines) is 1. The van der Waals surface area contributed by atoms with Gasteiger partial charge in [-0.3, -0.25) is 4.90 Å². The van der Waals surface area contributed by atoms with E-state index in [9.17, 15) is 0 Å². The predicted molar refractivity (Wildman–Crippen MR) is 144 cm³/mol. The van der Waals surface area contributed by atoms with Gasteiger partial charge < -0.3 is 5.32 Å². The maximum absolute atomic E-state index is 6.46. The van der Waals surface area contributed by atoms with Crippen LogP contribution in [0.3, 0.4) is 0 Å². The Labute approximate surface area is 211 Å². The number of hydrogen-bond acceptors (Lipinski definition) is 5. The van der Waals surface area contributed by atoms with Crippen LogP contribution >= 0.6 is 23.4 Å². The minimum absolute atomic E-state index is 0.549. The van der Waals surface area contributed by atoms with Crippen molar-refractivity contribution in [2.24, 2.45) is 5.92 Å². The molecule has 2 radical (unpaired) electrons. The lowest BCUT2D eigenvalue weighted by Crippen LogP contribution is -2.37. The average molecular weight is 488 g/mol. The van der Waals surface area contributed by atoms with Gasteiger partial charge in [-0.05, 0) is 54.7 Å². The summed E-state index contributed by atoms with van der Waals surface area (Å²) in [5, 5.41) is 8.75. The van der Waals surface area contributed by atoms with E-state index >= 15 is 0 Å². The van der Waals surface area contributed by atoms with Crippen LogP contribution in [-0.2, 0) is 6.54 Å². The Kier molecular flexibility index (Phi) is 7.14. The molecular weight excluding hydrogens is 461 g/mol. The maximum Gasteiger partial charge on any atom is 0.150 e. The number of halogens is 1. The van der Waals surface area contributed by atoms with Gasteiger partial charge in [-0.2, -0.15) is 9.61 Å². The first-order valence-corrected chi connectivity index (χ1v) is 13.2. The zero-order valence-corrected chi connectivity index (χ0v) is 20.8. The van der Waals surface area contributed by atoms with Crippen LogP contribution in [0.25, 0.3) is 16.9 Å². The number of fused-ring (bicyclic) bond motifs is 1. The number of hydrogen-bond donors (Lipinski definition) is 1. The van der Waals surface area contributed by atoms with Crippen LogP contribution in [0.2, 0.25) is 5.02 Å². The van der Waals surface area contributed by atoms with Crippen LogP contribution in [0.4, 0.5) is 5.82 Å². The molecule has 5 nitrogen and oxygen atoms in total. The quantitative estimate of drug-likeness (QED) is 0.297. The summed E-state index contributed by atoms with van der Waals surface area (Å²) < 4.78 is 1.78. The Morgan fingerprint density at radius 1 is 1.18 bits per heavy atom. The molecule has 0 spiro atoms. The first-order chi connectivity index (χ1) is 16.6. The first-order valence-electron chi connectivity index (χ1n) is 11.6. The third kappa shape index (κ3) is 4.97. The third-order valence-corrected chi connectivity index (χ3v) is 7.58. The Hall–Kier alpha value is -2.48. The van der Waals surface area contributed by atoms with Gasteiger partial charge in [0.1, 0.15) is 13.7 Å². The monoisotopic (exact) mass is 487 g/mol. The van der Waals surface area contributed by atoms with Gasteiger partial charge in [0.25, 0.3) is 0 Å². The second-order valence-electron chi connectivity index (χ2n) is 8.78. The number of nitrogens with zero attached hydrogens (tertiary/aromatic N) is 4. The Morgan fingerprint density at radius 2 is 2.00 bits per heavy atom. The van der Waals surface area contributed by atoms with Gasteiger partial charge in [0.2, 0.25) is 0 Å². The standard InChI is InChI=1S/C26H27BClN5S/c1-34-24-11-5-2-8-19(24)17-32-12-6-7-18(16-32)14-29-25-13-23(20-9-3-4-10-22(20)28)31-26-21(27)15-30-33(25)26/h2-5,8-11,13,15,18,29H,6-7,12,14,16-17H2,1H3. The van der Waals surface area contributed by atoms with E-state index in [1.165, 1.54) is 23.3 Å². The summed E-state index contributed by atoms with van der Waals surface area (Å²) in [6.07, 6.45) is 6.21. The molecule has 0 bridgehead atoms. The van der Waals surface area contributed by atoms with Gasteiger partial charge >= 0.3 is 0 Å². The smallest absolute Gasteiger partial charge is 0.150 e. The van der Waals surface area contributed by atoms with Gasteiger partial charge in [0.05, 0.1) is 5.69 Å². The number of anilines is 1. The van der Waals surface area contributed by atoms with E-state index in [0.29, 0.717) is 22.1 Å². The maximum atomic E-state index is 6.46. The highest BCUT2D eigenvalue weighted by molar-refractivity contribution is 7.98. The minimum atomic E-state index is 0.549. The molecule has 5 rings (SSSR count). The van der Waals surface area contributed by atoms with Crippen LogP contribution in [0.15, 0.2) is 65.7 Å². The van der Waals surface area contributed by atoms with Crippen molar-refractivity contribution in [1.29, 1.82) is 0 Å². The summed E-state index contributed by atoms with van der Waals surface area (Å²) >= 11 is 8.28. The zero-order valence-electron chi connectivity index (χ0n) is 19.2. The number of thioether (sulfide) groups is 1. The van der Waals surface area contributed by atoms with Gasteiger partial charge in [-0.25, -0.2) is 4.98 Å². The lowest BCUT2D eigenvalue weighted by atomic mass is 9.97. The van der Waals surface area contributed by atoms with Crippen LogP contribution in [0, 0.1) is 5.92 Å². The normalized spacial score (nSPS) is 16.7. The molecule has 1 aliphatic heterocycles. The fraction of sp³-hybridized carbons (Fsp3) is 0.308. The van der Waals surface area contributed by atoms with Crippen molar-refractivity contribution in [2.75, 3.05) is 31.2 Å². The summed E-state index contributed by atoms with van der Waals surface area (Å²) in [5.74, 6) is 1.43. The molecule has 2 aromatic carbocycles. The molecule has 4 aromatic rings. The number of aromatic nitrogens is 3. The molecule has 0 saturated carbocycles. The molecule has 1 atom stereocenters. The minimum Gasteiger partial charge on any atom is -0.370 e. The van der Waals surface area contributed by atoms with Crippen LogP contribution < -0.4 is 10.8 Å². The average Bonchev–Trinajstić information content (AvgIpc) is 3.24. The number of benzene rings is 2. The second-order valence-corrected chi connectivity index (χ2v) is 10.0. The molecule has 2 aromatic heterocycles. The van der Waals surface area contributed by atoms with Crippen molar-refractivity contribution in [3.63, 3.8) is 0 Å². The van der Waals surface area contributed by atoms with E-state index < -0.39 is 0 Å². The summed E-state index contributed by atoms with van der Waals surface area (Å²) in [4.78, 5) is 8.68. The molecular formula is C26H27BClN5S. The van der Waals surface area contributed by atoms with E-state index in [2.05, 4.69) is 45.8 Å². The lowest BCUT2D eigenvalue weighted by molar-refractivity contribution is 0.172. The third-order valence-electron chi connectivity index (χ3n) is 6.41. The molecule has 3 heterocycles. The predicted octanol–water partition coefficient (Wildman–Crippen LogP) is 4.89. The first kappa shape index (κ1) is 23.3. The molecule has 1 aliphatic rings. The van der Waals surface area contributed by atoms with Crippen molar-refractivity contribution in [2.45, 2.75) is 24.3 Å². The van der Waals surface area contributed by atoms with Crippen molar-refractivity contribution in [1.82, 2.24) is 19.5 Å². The largest absolute Gasteiger partial charge is 0.370 e. The fourth-order valence-corrected chi connectivity index (χ4v) is 5.54. The SMILES string of the molecule is [B]c1cnn2c(NCC3CCCN(Cc4ccccc4SC)C3)cc(-c3ccccc3Cl)nc12. The fourth-order valence-electron chi connectivity index (χ4n) is 4.70. The highest BCUT2D eigenvalue weighted by atomic mass is 35.5. The molecule has 1 N–H and O–H groups in total. The number of nitrogens with one attached hydrogen (secondary N) is 1. The molecule has 1 saturated heterocycles. The topological polar surface area (TPSA) is 45.5 Å². The number of piperidine rings is 1. The molecule has 8 heteroatoms. The summed E-state index contributed by atoms with van der Waals surface area (Å²) in [6, 6.07) is 18.5. The van der Waals surface area contributed by atoms with Gasteiger partial charge in [-0.1, -0.05) is 48.0 Å². The van der Waals surface area contributed by atoms with E-state index in [1.807, 2.05) is 42.1 Å². The van der Waals surface area contributed by atoms with E-state index in [0.717, 1.165) is 43.3 Å². The molecule has 172 valence electrons. The molecule has 1 unspecified atom stereocenters.